The molecule has 1 aliphatic heterocycles. The van der Waals surface area contributed by atoms with Gasteiger partial charge in [-0.05, 0) is 6.07 Å². The van der Waals surface area contributed by atoms with Gasteiger partial charge in [0, 0.05) is 12.5 Å². The number of ether oxygens (including phenoxy) is 1. The van der Waals surface area contributed by atoms with E-state index in [9.17, 15) is 9.59 Å². The van der Waals surface area contributed by atoms with Crippen molar-refractivity contribution in [3.8, 4) is 0 Å². The lowest BCUT2D eigenvalue weighted by Crippen LogP contribution is -2.12. The Labute approximate surface area is 99.8 Å². The van der Waals surface area contributed by atoms with Crippen molar-refractivity contribution in [3.05, 3.63) is 17.5 Å². The topological polar surface area (TPSA) is 61.2 Å². The average Bonchev–Trinajstić information content (AvgIpc) is 2.68. The molecule has 0 aliphatic carbocycles. The average molecular weight is 236 g/mol. The van der Waals surface area contributed by atoms with Gasteiger partial charge in [0.05, 0.1) is 17.8 Å². The maximum atomic E-state index is 11.5. The molecule has 1 aromatic rings. The highest BCUT2D eigenvalue weighted by Crippen LogP contribution is 2.30. The second-order valence-corrected chi connectivity index (χ2v) is 5.38. The first-order valence-electron chi connectivity index (χ1n) is 5.58. The Balaban J connectivity index is 2.37. The van der Waals surface area contributed by atoms with Gasteiger partial charge in [0.15, 0.2) is 0 Å². The third-order valence-corrected chi connectivity index (χ3v) is 2.91. The fourth-order valence-electron chi connectivity index (χ4n) is 1.87. The molecule has 17 heavy (non-hydrogen) atoms. The summed E-state index contributed by atoms with van der Waals surface area (Å²) in [5, 5.41) is 4.38. The Hall–Kier alpha value is -1.65. The van der Waals surface area contributed by atoms with Gasteiger partial charge in [-0.15, -0.1) is 0 Å². The van der Waals surface area contributed by atoms with E-state index in [1.54, 1.807) is 11.7 Å². The number of hydrogen-bond donors (Lipinski definition) is 0. The molecule has 0 spiro atoms. The molecule has 0 radical (unpaired) electrons. The van der Waals surface area contributed by atoms with E-state index in [1.165, 1.54) is 0 Å². The normalized spacial score (nSPS) is 20.8. The lowest BCUT2D eigenvalue weighted by Gasteiger charge is -2.13. The SMILES string of the molecule is Cn1nc(C(C)(C)C)cc1C1CC(=O)OC1=O. The lowest BCUT2D eigenvalue weighted by atomic mass is 9.91. The molecule has 5 heteroatoms. The van der Waals surface area contributed by atoms with Gasteiger partial charge >= 0.3 is 11.9 Å². The number of hydrogen-bond acceptors (Lipinski definition) is 4. The van der Waals surface area contributed by atoms with Gasteiger partial charge < -0.3 is 4.74 Å². The zero-order chi connectivity index (χ0) is 12.8. The Morgan fingerprint density at radius 2 is 2.06 bits per heavy atom. The molecule has 0 N–H and O–H groups in total. The first-order valence-corrected chi connectivity index (χ1v) is 5.58. The van der Waals surface area contributed by atoms with Crippen LogP contribution in [0.4, 0.5) is 0 Å². The van der Waals surface area contributed by atoms with Crippen LogP contribution in [-0.2, 0) is 26.8 Å². The lowest BCUT2D eigenvalue weighted by molar-refractivity contribution is -0.152. The van der Waals surface area contributed by atoms with Gasteiger partial charge in [-0.3, -0.25) is 14.3 Å². The summed E-state index contributed by atoms with van der Waals surface area (Å²) in [5.41, 5.74) is 1.57. The summed E-state index contributed by atoms with van der Waals surface area (Å²) >= 11 is 0. The maximum Gasteiger partial charge on any atom is 0.323 e. The zero-order valence-corrected chi connectivity index (χ0v) is 10.5. The van der Waals surface area contributed by atoms with Crippen LogP contribution in [0.2, 0.25) is 0 Å². The molecule has 92 valence electrons. The van der Waals surface area contributed by atoms with Crippen molar-refractivity contribution < 1.29 is 14.3 Å². The van der Waals surface area contributed by atoms with Crippen LogP contribution in [0.5, 0.6) is 0 Å². The number of aromatic nitrogens is 2. The molecular weight excluding hydrogens is 220 g/mol. The summed E-state index contributed by atoms with van der Waals surface area (Å²) in [6, 6.07) is 1.88. The highest BCUT2D eigenvalue weighted by atomic mass is 16.6. The van der Waals surface area contributed by atoms with Crippen LogP contribution in [0.15, 0.2) is 6.07 Å². The largest absolute Gasteiger partial charge is 0.393 e. The Morgan fingerprint density at radius 3 is 2.47 bits per heavy atom. The van der Waals surface area contributed by atoms with Crippen LogP contribution in [0.25, 0.3) is 0 Å². The minimum atomic E-state index is -0.504. The number of cyclic esters (lactones) is 2. The quantitative estimate of drug-likeness (QED) is 0.544. The van der Waals surface area contributed by atoms with E-state index < -0.39 is 17.9 Å². The van der Waals surface area contributed by atoms with E-state index in [4.69, 9.17) is 0 Å². The third-order valence-electron chi connectivity index (χ3n) is 2.91. The summed E-state index contributed by atoms with van der Waals surface area (Å²) < 4.78 is 6.22. The van der Waals surface area contributed by atoms with E-state index in [-0.39, 0.29) is 11.8 Å². The van der Waals surface area contributed by atoms with Crippen molar-refractivity contribution in [2.75, 3.05) is 0 Å². The molecule has 2 rings (SSSR count). The Kier molecular flexibility index (Phi) is 2.56. The van der Waals surface area contributed by atoms with Crippen molar-refractivity contribution in [1.82, 2.24) is 9.78 Å². The minimum Gasteiger partial charge on any atom is -0.393 e. The van der Waals surface area contributed by atoms with Gasteiger partial charge in [0.1, 0.15) is 5.92 Å². The van der Waals surface area contributed by atoms with Crippen LogP contribution >= 0.6 is 0 Å². The van der Waals surface area contributed by atoms with Crippen molar-refractivity contribution in [1.29, 1.82) is 0 Å². The predicted octanol–water partition coefficient (Wildman–Crippen LogP) is 1.27. The fraction of sp³-hybridized carbons (Fsp3) is 0.583. The molecule has 0 amide bonds. The second-order valence-electron chi connectivity index (χ2n) is 5.38. The smallest absolute Gasteiger partial charge is 0.323 e. The molecule has 2 heterocycles. The van der Waals surface area contributed by atoms with Gasteiger partial charge in [-0.25, -0.2) is 0 Å². The highest BCUT2D eigenvalue weighted by molar-refractivity contribution is 5.97. The molecule has 1 saturated heterocycles. The van der Waals surface area contributed by atoms with Crippen LogP contribution in [0.3, 0.4) is 0 Å². The fourth-order valence-corrected chi connectivity index (χ4v) is 1.87. The number of aryl methyl sites for hydroxylation is 1. The van der Waals surface area contributed by atoms with E-state index in [0.29, 0.717) is 0 Å². The van der Waals surface area contributed by atoms with Crippen molar-refractivity contribution in [2.24, 2.45) is 7.05 Å². The van der Waals surface area contributed by atoms with Crippen LogP contribution in [0.1, 0.15) is 44.5 Å². The van der Waals surface area contributed by atoms with E-state index in [2.05, 4.69) is 30.6 Å². The van der Waals surface area contributed by atoms with Crippen LogP contribution in [0, 0.1) is 0 Å². The molecule has 0 aromatic carbocycles. The summed E-state index contributed by atoms with van der Waals surface area (Å²) in [4.78, 5) is 22.6. The Bertz CT molecular complexity index is 482. The minimum absolute atomic E-state index is 0.0808. The van der Waals surface area contributed by atoms with E-state index in [0.717, 1.165) is 11.4 Å². The van der Waals surface area contributed by atoms with Crippen molar-refractivity contribution >= 4 is 11.9 Å². The number of esters is 2. The highest BCUT2D eigenvalue weighted by Gasteiger charge is 2.37. The predicted molar refractivity (Wildman–Crippen MR) is 60.4 cm³/mol. The standard InChI is InChI=1S/C12H16N2O3/c1-12(2,3)9-6-8(14(4)13-9)7-5-10(15)17-11(7)16/h6-7H,5H2,1-4H3. The van der Waals surface area contributed by atoms with Gasteiger partial charge in [0.25, 0.3) is 0 Å². The monoisotopic (exact) mass is 236 g/mol. The molecule has 1 fully saturated rings. The summed E-state index contributed by atoms with van der Waals surface area (Å²) in [5.74, 6) is -1.44. The summed E-state index contributed by atoms with van der Waals surface area (Å²) in [6.07, 6.45) is 0.113. The van der Waals surface area contributed by atoms with Crippen molar-refractivity contribution in [2.45, 2.75) is 38.5 Å². The molecule has 1 atom stereocenters. The number of nitrogens with zero attached hydrogens (tertiary/aromatic N) is 2. The van der Waals surface area contributed by atoms with E-state index in [1.807, 2.05) is 6.07 Å². The number of rotatable bonds is 1. The zero-order valence-electron chi connectivity index (χ0n) is 10.5. The van der Waals surface area contributed by atoms with Crippen LogP contribution < -0.4 is 0 Å². The molecular formula is C12H16N2O3. The molecule has 0 saturated carbocycles. The maximum absolute atomic E-state index is 11.5. The summed E-state index contributed by atoms with van der Waals surface area (Å²) in [6.45, 7) is 6.16. The van der Waals surface area contributed by atoms with Crippen molar-refractivity contribution in [3.63, 3.8) is 0 Å². The molecule has 1 aliphatic rings. The van der Waals surface area contributed by atoms with E-state index >= 15 is 0 Å². The van der Waals surface area contributed by atoms with Gasteiger partial charge in [-0.2, -0.15) is 5.10 Å². The van der Waals surface area contributed by atoms with Gasteiger partial charge in [0.2, 0.25) is 0 Å². The molecule has 1 unspecified atom stereocenters. The van der Waals surface area contributed by atoms with Gasteiger partial charge in [-0.1, -0.05) is 20.8 Å². The Morgan fingerprint density at radius 1 is 1.41 bits per heavy atom. The number of carbonyl (C=O) groups is 2. The second kappa shape index (κ2) is 3.68. The number of carbonyl (C=O) groups excluding carboxylic acids is 2. The molecule has 1 aromatic heterocycles. The summed E-state index contributed by atoms with van der Waals surface area (Å²) in [7, 11) is 1.78. The van der Waals surface area contributed by atoms with Crippen LogP contribution in [-0.4, -0.2) is 21.7 Å². The third kappa shape index (κ3) is 2.09. The first kappa shape index (κ1) is 11.8. The molecule has 0 bridgehead atoms. The molecule has 5 nitrogen and oxygen atoms in total. The first-order chi connectivity index (χ1) is 7.79.